The fourth-order valence-electron chi connectivity index (χ4n) is 3.11. The Morgan fingerprint density at radius 3 is 2.96 bits per heavy atom. The number of likely N-dealkylation sites (tertiary alicyclic amines) is 1. The van der Waals surface area contributed by atoms with Gasteiger partial charge in [-0.15, -0.1) is 10.2 Å². The molecule has 3 rings (SSSR count). The molecule has 0 spiro atoms. The van der Waals surface area contributed by atoms with Crippen molar-refractivity contribution in [3.8, 4) is 11.4 Å². The molecule has 1 amide bonds. The molecule has 0 aliphatic carbocycles. The molecule has 0 radical (unpaired) electrons. The average Bonchev–Trinajstić information content (AvgIpc) is 2.93. The molecule has 24 heavy (non-hydrogen) atoms. The summed E-state index contributed by atoms with van der Waals surface area (Å²) in [5, 5.41) is 9.34. The van der Waals surface area contributed by atoms with Crippen molar-refractivity contribution in [2.75, 3.05) is 18.8 Å². The summed E-state index contributed by atoms with van der Waals surface area (Å²) in [6.07, 6.45) is 2.33. The van der Waals surface area contributed by atoms with Crippen molar-refractivity contribution in [3.05, 3.63) is 29.8 Å². The highest BCUT2D eigenvalue weighted by atomic mass is 32.2. The minimum atomic E-state index is 0.201. The molecule has 1 aliphatic rings. The lowest BCUT2D eigenvalue weighted by molar-refractivity contribution is -0.130. The predicted octanol–water partition coefficient (Wildman–Crippen LogP) is 3.14. The Labute approximate surface area is 147 Å². The summed E-state index contributed by atoms with van der Waals surface area (Å²) < 4.78 is 1.96. The summed E-state index contributed by atoms with van der Waals surface area (Å²) in [5.74, 6) is 2.06. The molecule has 5 nitrogen and oxygen atoms in total. The fraction of sp³-hybridized carbons (Fsp3) is 0.500. The maximum Gasteiger partial charge on any atom is 0.233 e. The second kappa shape index (κ2) is 7.38. The number of amides is 1. The lowest BCUT2D eigenvalue weighted by atomic mass is 10.0. The number of carbonyl (C=O) groups is 1. The maximum atomic E-state index is 12.4. The van der Waals surface area contributed by atoms with Gasteiger partial charge < -0.3 is 9.47 Å². The third kappa shape index (κ3) is 3.80. The fourth-order valence-corrected chi connectivity index (χ4v) is 3.92. The van der Waals surface area contributed by atoms with Crippen LogP contribution >= 0.6 is 11.8 Å². The Morgan fingerprint density at radius 1 is 1.38 bits per heavy atom. The Bertz CT molecular complexity index is 728. The van der Waals surface area contributed by atoms with Gasteiger partial charge in [-0.1, -0.05) is 42.4 Å². The lowest BCUT2D eigenvalue weighted by Gasteiger charge is -2.30. The normalized spacial score (nSPS) is 18.0. The second-order valence-corrected chi connectivity index (χ2v) is 7.55. The van der Waals surface area contributed by atoms with Crippen LogP contribution in [0, 0.1) is 12.8 Å². The molecule has 1 aliphatic heterocycles. The van der Waals surface area contributed by atoms with Crippen molar-refractivity contribution >= 4 is 17.7 Å². The van der Waals surface area contributed by atoms with Crippen LogP contribution in [0.3, 0.4) is 0 Å². The SMILES string of the molecule is Cc1cccc(-c2nnc(SCC(=O)N3CCC[C@@H](C)C3)n2C)c1. The number of hydrogen-bond donors (Lipinski definition) is 0. The zero-order chi connectivity index (χ0) is 17.1. The standard InChI is InChI=1S/C18H24N4OS/c1-13-6-4-8-15(10-13)17-19-20-18(21(17)3)24-12-16(23)22-9-5-7-14(2)11-22/h4,6,8,10,14H,5,7,9,11-12H2,1-3H3/t14-/m1/s1. The summed E-state index contributed by atoms with van der Waals surface area (Å²) in [6.45, 7) is 6.04. The van der Waals surface area contributed by atoms with Crippen molar-refractivity contribution < 1.29 is 4.79 Å². The molecule has 1 aromatic carbocycles. The van der Waals surface area contributed by atoms with Crippen molar-refractivity contribution in [1.29, 1.82) is 0 Å². The molecular weight excluding hydrogens is 320 g/mol. The third-order valence-corrected chi connectivity index (χ3v) is 5.45. The van der Waals surface area contributed by atoms with Gasteiger partial charge in [0.1, 0.15) is 0 Å². The summed E-state index contributed by atoms with van der Waals surface area (Å²) in [5.41, 5.74) is 2.24. The monoisotopic (exact) mass is 344 g/mol. The van der Waals surface area contributed by atoms with Crippen LogP contribution in [-0.2, 0) is 11.8 Å². The summed E-state index contributed by atoms with van der Waals surface area (Å²) in [6, 6.07) is 8.21. The summed E-state index contributed by atoms with van der Waals surface area (Å²) in [7, 11) is 1.95. The van der Waals surface area contributed by atoms with E-state index in [9.17, 15) is 4.79 Å². The van der Waals surface area contributed by atoms with E-state index in [0.717, 1.165) is 36.1 Å². The van der Waals surface area contributed by atoms with Crippen LogP contribution in [0.25, 0.3) is 11.4 Å². The van der Waals surface area contributed by atoms with Gasteiger partial charge in [0.15, 0.2) is 11.0 Å². The van der Waals surface area contributed by atoms with Gasteiger partial charge in [0.25, 0.3) is 0 Å². The van der Waals surface area contributed by atoms with Gasteiger partial charge in [-0.25, -0.2) is 0 Å². The highest BCUT2D eigenvalue weighted by Gasteiger charge is 2.21. The van der Waals surface area contributed by atoms with Gasteiger partial charge in [-0.05, 0) is 31.7 Å². The van der Waals surface area contributed by atoms with Crippen LogP contribution in [0.2, 0.25) is 0 Å². The minimum absolute atomic E-state index is 0.201. The highest BCUT2D eigenvalue weighted by molar-refractivity contribution is 7.99. The highest BCUT2D eigenvalue weighted by Crippen LogP contribution is 2.24. The number of aryl methyl sites for hydroxylation is 1. The number of thioether (sulfide) groups is 1. The molecule has 0 unspecified atom stereocenters. The largest absolute Gasteiger partial charge is 0.342 e. The Balaban J connectivity index is 1.65. The molecule has 2 heterocycles. The topological polar surface area (TPSA) is 51.0 Å². The number of aromatic nitrogens is 3. The zero-order valence-corrected chi connectivity index (χ0v) is 15.3. The summed E-state index contributed by atoms with van der Waals surface area (Å²) in [4.78, 5) is 14.4. The smallest absolute Gasteiger partial charge is 0.233 e. The van der Waals surface area contributed by atoms with Crippen molar-refractivity contribution in [3.63, 3.8) is 0 Å². The van der Waals surface area contributed by atoms with Crippen molar-refractivity contribution in [2.24, 2.45) is 13.0 Å². The van der Waals surface area contributed by atoms with Crippen molar-refractivity contribution in [2.45, 2.75) is 31.8 Å². The van der Waals surface area contributed by atoms with Gasteiger partial charge >= 0.3 is 0 Å². The molecule has 6 heteroatoms. The van der Waals surface area contributed by atoms with Crippen LogP contribution in [0.4, 0.5) is 0 Å². The molecule has 0 bridgehead atoms. The zero-order valence-electron chi connectivity index (χ0n) is 14.5. The van der Waals surface area contributed by atoms with E-state index < -0.39 is 0 Å². The molecule has 1 fully saturated rings. The van der Waals surface area contributed by atoms with Gasteiger partial charge in [0.05, 0.1) is 5.75 Å². The summed E-state index contributed by atoms with van der Waals surface area (Å²) >= 11 is 1.47. The molecule has 1 aromatic heterocycles. The minimum Gasteiger partial charge on any atom is -0.342 e. The first-order chi connectivity index (χ1) is 11.5. The van der Waals surface area contributed by atoms with Gasteiger partial charge in [0, 0.05) is 25.7 Å². The molecule has 128 valence electrons. The van der Waals surface area contributed by atoms with E-state index in [1.807, 2.05) is 28.6 Å². The van der Waals surface area contributed by atoms with Crippen molar-refractivity contribution in [1.82, 2.24) is 19.7 Å². The van der Waals surface area contributed by atoms with Gasteiger partial charge in [-0.3, -0.25) is 4.79 Å². The Hall–Kier alpha value is -1.82. The van der Waals surface area contributed by atoms with Gasteiger partial charge in [-0.2, -0.15) is 0 Å². The maximum absolute atomic E-state index is 12.4. The quantitative estimate of drug-likeness (QED) is 0.800. The molecule has 1 saturated heterocycles. The van der Waals surface area contributed by atoms with Crippen LogP contribution < -0.4 is 0 Å². The van der Waals surface area contributed by atoms with E-state index in [2.05, 4.69) is 36.2 Å². The van der Waals surface area contributed by atoms with Crippen LogP contribution in [0.15, 0.2) is 29.4 Å². The first-order valence-corrected chi connectivity index (χ1v) is 9.40. The van der Waals surface area contributed by atoms with Crippen LogP contribution in [0.5, 0.6) is 0 Å². The number of nitrogens with zero attached hydrogens (tertiary/aromatic N) is 4. The average molecular weight is 344 g/mol. The predicted molar refractivity (Wildman–Crippen MR) is 96.9 cm³/mol. The lowest BCUT2D eigenvalue weighted by Crippen LogP contribution is -2.40. The van der Waals surface area contributed by atoms with Gasteiger partial charge in [0.2, 0.25) is 5.91 Å². The van der Waals surface area contributed by atoms with E-state index in [0.29, 0.717) is 11.7 Å². The van der Waals surface area contributed by atoms with Crippen LogP contribution in [-0.4, -0.2) is 44.4 Å². The van der Waals surface area contributed by atoms with E-state index in [1.54, 1.807) is 0 Å². The molecule has 1 atom stereocenters. The van der Waals surface area contributed by atoms with E-state index in [-0.39, 0.29) is 5.91 Å². The molecule has 0 saturated carbocycles. The van der Waals surface area contributed by atoms with Crippen LogP contribution in [0.1, 0.15) is 25.3 Å². The van der Waals surface area contributed by atoms with E-state index in [4.69, 9.17) is 0 Å². The first-order valence-electron chi connectivity index (χ1n) is 8.41. The number of hydrogen-bond acceptors (Lipinski definition) is 4. The number of rotatable bonds is 4. The molecular formula is C18H24N4OS. The first kappa shape index (κ1) is 17.0. The third-order valence-electron chi connectivity index (χ3n) is 4.45. The second-order valence-electron chi connectivity index (χ2n) is 6.61. The number of carbonyl (C=O) groups excluding carboxylic acids is 1. The molecule has 0 N–H and O–H groups in total. The number of benzene rings is 1. The Kier molecular flexibility index (Phi) is 5.23. The van der Waals surface area contributed by atoms with E-state index in [1.165, 1.54) is 23.7 Å². The van der Waals surface area contributed by atoms with E-state index >= 15 is 0 Å². The number of piperidine rings is 1. The Morgan fingerprint density at radius 2 is 2.21 bits per heavy atom. The molecule has 2 aromatic rings.